The molecule has 150 valence electrons. The number of hydrogen-bond donors (Lipinski definition) is 1. The zero-order chi connectivity index (χ0) is 19.9. The van der Waals surface area contributed by atoms with Gasteiger partial charge in [0.05, 0.1) is 12.3 Å². The van der Waals surface area contributed by atoms with E-state index in [9.17, 15) is 4.79 Å². The number of piperidine rings is 1. The van der Waals surface area contributed by atoms with Gasteiger partial charge >= 0.3 is 6.03 Å². The van der Waals surface area contributed by atoms with Gasteiger partial charge in [-0.15, -0.1) is 0 Å². The van der Waals surface area contributed by atoms with Crippen molar-refractivity contribution in [1.29, 1.82) is 0 Å². The summed E-state index contributed by atoms with van der Waals surface area (Å²) in [6, 6.07) is 8.06. The number of aryl methyl sites for hydroxylation is 1. The number of likely N-dealkylation sites (tertiary alicyclic amines) is 1. The van der Waals surface area contributed by atoms with Crippen LogP contribution in [0.1, 0.15) is 49.4 Å². The van der Waals surface area contributed by atoms with Gasteiger partial charge in [-0.25, -0.2) is 4.79 Å². The third-order valence-electron chi connectivity index (χ3n) is 5.07. The molecule has 0 atom stereocenters. The zero-order valence-electron chi connectivity index (χ0n) is 17.0. The van der Waals surface area contributed by atoms with Gasteiger partial charge in [0.1, 0.15) is 5.75 Å². The number of carbonyl (C=O) groups is 1. The molecule has 1 aliphatic rings. The van der Waals surface area contributed by atoms with Crippen LogP contribution in [-0.4, -0.2) is 35.8 Å². The fourth-order valence-electron chi connectivity index (χ4n) is 3.11. The first-order valence-corrected chi connectivity index (χ1v) is 9.98. The van der Waals surface area contributed by atoms with E-state index in [1.807, 2.05) is 30.9 Å². The first kappa shape index (κ1) is 20.0. The second kappa shape index (κ2) is 9.44. The highest BCUT2D eigenvalue weighted by molar-refractivity contribution is 5.88. The quantitative estimate of drug-likeness (QED) is 0.698. The van der Waals surface area contributed by atoms with Crippen molar-refractivity contribution in [3.8, 4) is 5.75 Å². The van der Waals surface area contributed by atoms with Gasteiger partial charge in [0, 0.05) is 18.7 Å². The van der Waals surface area contributed by atoms with Gasteiger partial charge in [0.15, 0.2) is 0 Å². The van der Waals surface area contributed by atoms with Crippen molar-refractivity contribution in [2.75, 3.05) is 25.0 Å². The van der Waals surface area contributed by atoms with Crippen molar-refractivity contribution in [2.24, 2.45) is 0 Å². The highest BCUT2D eigenvalue weighted by Crippen LogP contribution is 2.23. The lowest BCUT2D eigenvalue weighted by molar-refractivity contribution is 0.207. The first-order chi connectivity index (χ1) is 13.6. The molecule has 0 saturated carbocycles. The number of carbonyl (C=O) groups excluding carboxylic acids is 1. The molecule has 1 aliphatic heterocycles. The molecule has 0 bridgehead atoms. The van der Waals surface area contributed by atoms with Crippen molar-refractivity contribution in [3.63, 3.8) is 0 Å². The molecule has 1 saturated heterocycles. The van der Waals surface area contributed by atoms with Gasteiger partial charge in [0.2, 0.25) is 5.88 Å². The average Bonchev–Trinajstić information content (AvgIpc) is 3.01. The molecule has 3 rings (SSSR count). The SMILES string of the molecule is CCCCOc1cccc(C=C2CCN(C(=O)Nc3onc(C)c3C)CC2)c1. The van der Waals surface area contributed by atoms with E-state index < -0.39 is 0 Å². The topological polar surface area (TPSA) is 67.6 Å². The lowest BCUT2D eigenvalue weighted by Gasteiger charge is -2.28. The molecule has 1 fully saturated rings. The number of rotatable bonds is 6. The van der Waals surface area contributed by atoms with E-state index in [-0.39, 0.29) is 6.03 Å². The average molecular weight is 383 g/mol. The molecule has 0 aliphatic carbocycles. The number of nitrogens with zero attached hydrogens (tertiary/aromatic N) is 2. The van der Waals surface area contributed by atoms with Crippen molar-refractivity contribution >= 4 is 18.0 Å². The molecular formula is C22H29N3O3. The van der Waals surface area contributed by atoms with Crippen LogP contribution in [0, 0.1) is 13.8 Å². The van der Waals surface area contributed by atoms with Gasteiger partial charge in [-0.1, -0.05) is 42.3 Å². The second-order valence-electron chi connectivity index (χ2n) is 7.22. The predicted octanol–water partition coefficient (Wildman–Crippen LogP) is 5.18. The van der Waals surface area contributed by atoms with Gasteiger partial charge in [-0.3, -0.25) is 5.32 Å². The third-order valence-corrected chi connectivity index (χ3v) is 5.07. The van der Waals surface area contributed by atoms with E-state index in [1.165, 1.54) is 5.57 Å². The fraction of sp³-hybridized carbons (Fsp3) is 0.455. The maximum absolute atomic E-state index is 12.5. The van der Waals surface area contributed by atoms with Crippen LogP contribution >= 0.6 is 0 Å². The minimum Gasteiger partial charge on any atom is -0.494 e. The van der Waals surface area contributed by atoms with Crippen molar-refractivity contribution < 1.29 is 14.1 Å². The molecule has 28 heavy (non-hydrogen) atoms. The summed E-state index contributed by atoms with van der Waals surface area (Å²) in [5.41, 5.74) is 4.16. The fourth-order valence-corrected chi connectivity index (χ4v) is 3.11. The third kappa shape index (κ3) is 5.15. The largest absolute Gasteiger partial charge is 0.494 e. The smallest absolute Gasteiger partial charge is 0.324 e. The van der Waals surface area contributed by atoms with E-state index in [1.54, 1.807) is 0 Å². The number of unbranched alkanes of at least 4 members (excludes halogenated alkanes) is 1. The maximum atomic E-state index is 12.5. The molecule has 1 aromatic heterocycles. The van der Waals surface area contributed by atoms with Gasteiger partial charge in [-0.05, 0) is 50.8 Å². The minimum absolute atomic E-state index is 0.135. The van der Waals surface area contributed by atoms with Crippen LogP contribution in [0.4, 0.5) is 10.7 Å². The number of anilines is 1. The molecule has 0 spiro atoms. The molecule has 0 unspecified atom stereocenters. The Balaban J connectivity index is 1.54. The normalized spacial score (nSPS) is 14.1. The standard InChI is InChI=1S/C22H29N3O3/c1-4-5-13-27-20-8-6-7-19(15-20)14-18-9-11-25(12-10-18)22(26)23-21-16(2)17(3)24-28-21/h6-8,14-15H,4-5,9-13H2,1-3H3,(H,23,26). The maximum Gasteiger partial charge on any atom is 0.324 e. The Morgan fingerprint density at radius 2 is 2.11 bits per heavy atom. The Morgan fingerprint density at radius 3 is 2.79 bits per heavy atom. The van der Waals surface area contributed by atoms with E-state index >= 15 is 0 Å². The molecule has 1 N–H and O–H groups in total. The van der Waals surface area contributed by atoms with Gasteiger partial charge in [0.25, 0.3) is 0 Å². The summed E-state index contributed by atoms with van der Waals surface area (Å²) in [5, 5.41) is 6.70. The molecule has 2 amide bonds. The van der Waals surface area contributed by atoms with E-state index in [2.05, 4.69) is 35.6 Å². The summed E-state index contributed by atoms with van der Waals surface area (Å²) >= 11 is 0. The van der Waals surface area contributed by atoms with Crippen molar-refractivity contribution in [3.05, 3.63) is 46.7 Å². The van der Waals surface area contributed by atoms with E-state index in [0.29, 0.717) is 19.0 Å². The van der Waals surface area contributed by atoms with Crippen LogP contribution in [0.2, 0.25) is 0 Å². The summed E-state index contributed by atoms with van der Waals surface area (Å²) in [7, 11) is 0. The Hall–Kier alpha value is -2.76. The van der Waals surface area contributed by atoms with Crippen LogP contribution in [0.5, 0.6) is 5.75 Å². The highest BCUT2D eigenvalue weighted by atomic mass is 16.5. The number of benzene rings is 1. The van der Waals surface area contributed by atoms with Crippen LogP contribution in [-0.2, 0) is 0 Å². The van der Waals surface area contributed by atoms with Crippen LogP contribution < -0.4 is 10.1 Å². The number of urea groups is 1. The van der Waals surface area contributed by atoms with Crippen molar-refractivity contribution in [1.82, 2.24) is 10.1 Å². The molecule has 2 aromatic rings. The van der Waals surface area contributed by atoms with Crippen molar-refractivity contribution in [2.45, 2.75) is 46.5 Å². The number of amides is 2. The summed E-state index contributed by atoms with van der Waals surface area (Å²) < 4.78 is 11.0. The van der Waals surface area contributed by atoms with Gasteiger partial charge in [-0.2, -0.15) is 0 Å². The zero-order valence-corrected chi connectivity index (χ0v) is 17.0. The van der Waals surface area contributed by atoms with Crippen LogP contribution in [0.25, 0.3) is 6.08 Å². The monoisotopic (exact) mass is 383 g/mol. The number of nitrogens with one attached hydrogen (secondary N) is 1. The highest BCUT2D eigenvalue weighted by Gasteiger charge is 2.21. The Morgan fingerprint density at radius 1 is 1.32 bits per heavy atom. The van der Waals surface area contributed by atoms with E-state index in [0.717, 1.165) is 54.9 Å². The number of ether oxygens (including phenoxy) is 1. The molecular weight excluding hydrogens is 354 g/mol. The summed E-state index contributed by atoms with van der Waals surface area (Å²) in [4.78, 5) is 14.3. The van der Waals surface area contributed by atoms with Gasteiger partial charge < -0.3 is 14.2 Å². The van der Waals surface area contributed by atoms with E-state index in [4.69, 9.17) is 9.26 Å². The number of hydrogen-bond acceptors (Lipinski definition) is 4. The Bertz CT molecular complexity index is 831. The Labute approximate surface area is 166 Å². The minimum atomic E-state index is -0.135. The second-order valence-corrected chi connectivity index (χ2v) is 7.22. The molecule has 1 aromatic carbocycles. The van der Waals surface area contributed by atoms with Crippen LogP contribution in [0.3, 0.4) is 0 Å². The molecule has 6 heteroatoms. The molecule has 2 heterocycles. The predicted molar refractivity (Wildman–Crippen MR) is 111 cm³/mol. The lowest BCUT2D eigenvalue weighted by Crippen LogP contribution is -2.39. The Kier molecular flexibility index (Phi) is 6.74. The number of aromatic nitrogens is 1. The summed E-state index contributed by atoms with van der Waals surface area (Å²) in [6.07, 6.45) is 6.14. The lowest BCUT2D eigenvalue weighted by atomic mass is 10.0. The summed E-state index contributed by atoms with van der Waals surface area (Å²) in [6.45, 7) is 8.04. The first-order valence-electron chi connectivity index (χ1n) is 9.98. The molecule has 6 nitrogen and oxygen atoms in total. The van der Waals surface area contributed by atoms with Crippen LogP contribution in [0.15, 0.2) is 34.4 Å². The molecule has 0 radical (unpaired) electrons. The summed E-state index contributed by atoms with van der Waals surface area (Å²) in [5.74, 6) is 1.35.